The molecule has 4 heteroatoms. The van der Waals surface area contributed by atoms with Crippen LogP contribution in [-0.4, -0.2) is 10.7 Å². The van der Waals surface area contributed by atoms with Gasteiger partial charge in [-0.15, -0.1) is 0 Å². The molecule has 0 amide bonds. The third kappa shape index (κ3) is 4.63. The van der Waals surface area contributed by atoms with E-state index in [1.807, 2.05) is 43.6 Å². The van der Waals surface area contributed by atoms with Crippen molar-refractivity contribution in [3.8, 4) is 5.75 Å². The first-order chi connectivity index (χ1) is 6.99. The summed E-state index contributed by atoms with van der Waals surface area (Å²) in [4.78, 5) is 0. The van der Waals surface area contributed by atoms with Crippen LogP contribution in [0.1, 0.15) is 25.0 Å². The van der Waals surface area contributed by atoms with E-state index in [0.29, 0.717) is 0 Å². The standard InChI is InChI=1S/C11H14O.2ClH.Ru/c1-8(2)12-11-7-9(3)5-6-10(11)4;;;/h4-8H,1-3H3;2*1H;/q;;;+2/p-2. The molecule has 1 aromatic carbocycles. The summed E-state index contributed by atoms with van der Waals surface area (Å²) in [6.07, 6.45) is 0.158. The first-order valence-electron chi connectivity index (χ1n) is 4.59. The van der Waals surface area contributed by atoms with Crippen LogP contribution < -0.4 is 4.74 Å². The molecule has 0 saturated carbocycles. The van der Waals surface area contributed by atoms with E-state index in [0.717, 1.165) is 11.3 Å². The van der Waals surface area contributed by atoms with Crippen molar-refractivity contribution >= 4 is 24.0 Å². The van der Waals surface area contributed by atoms with Gasteiger partial charge in [0.1, 0.15) is 0 Å². The average Bonchev–Trinajstić information content (AvgIpc) is 2.08. The van der Waals surface area contributed by atoms with Gasteiger partial charge in [-0.25, -0.2) is 0 Å². The molecule has 0 N–H and O–H groups in total. The Kier molecular flexibility index (Phi) is 5.25. The molecule has 1 rings (SSSR count). The topological polar surface area (TPSA) is 9.23 Å². The average molecular weight is 334 g/mol. The summed E-state index contributed by atoms with van der Waals surface area (Å²) >= 11 is -1.79. The second kappa shape index (κ2) is 5.98. The zero-order valence-electron chi connectivity index (χ0n) is 8.90. The number of halogens is 2. The van der Waals surface area contributed by atoms with E-state index < -0.39 is 13.5 Å². The maximum atomic E-state index is 5.86. The minimum absolute atomic E-state index is 0.158. The second-order valence-electron chi connectivity index (χ2n) is 3.51. The van der Waals surface area contributed by atoms with E-state index in [9.17, 15) is 0 Å². The molecule has 1 nitrogen and oxygen atoms in total. The van der Waals surface area contributed by atoms with Crippen molar-refractivity contribution in [1.29, 1.82) is 0 Å². The van der Waals surface area contributed by atoms with E-state index in [1.54, 1.807) is 0 Å². The molecule has 0 aliphatic carbocycles. The molecule has 0 radical (unpaired) electrons. The summed E-state index contributed by atoms with van der Waals surface area (Å²) in [5.74, 6) is 0.866. The van der Waals surface area contributed by atoms with Crippen LogP contribution in [0.5, 0.6) is 5.75 Å². The Labute approximate surface area is 104 Å². The van der Waals surface area contributed by atoms with E-state index in [-0.39, 0.29) is 6.10 Å². The fourth-order valence-electron chi connectivity index (χ4n) is 1.17. The van der Waals surface area contributed by atoms with Crippen LogP contribution >= 0.6 is 19.4 Å². The normalized spacial score (nSPS) is 11.5. The first-order valence-corrected chi connectivity index (χ1v) is 10.1. The Morgan fingerprint density at radius 2 is 2.00 bits per heavy atom. The van der Waals surface area contributed by atoms with Gasteiger partial charge in [0.05, 0.1) is 0 Å². The molecule has 0 fully saturated rings. The van der Waals surface area contributed by atoms with Crippen molar-refractivity contribution in [3.05, 3.63) is 29.3 Å². The number of benzene rings is 1. The van der Waals surface area contributed by atoms with Gasteiger partial charge in [0.15, 0.2) is 0 Å². The molecule has 86 valence electrons. The van der Waals surface area contributed by atoms with Gasteiger partial charge >= 0.3 is 104 Å². The first kappa shape index (κ1) is 13.2. The molecule has 0 unspecified atom stereocenters. The molecule has 0 spiro atoms. The Morgan fingerprint density at radius 1 is 1.33 bits per heavy atom. The fourth-order valence-corrected chi connectivity index (χ4v) is 2.97. The van der Waals surface area contributed by atoms with Crippen molar-refractivity contribution in [1.82, 2.24) is 0 Å². The van der Waals surface area contributed by atoms with Crippen molar-refractivity contribution in [2.75, 3.05) is 0 Å². The van der Waals surface area contributed by atoms with Gasteiger partial charge in [-0.3, -0.25) is 0 Å². The van der Waals surface area contributed by atoms with Crippen LogP contribution in [0.15, 0.2) is 18.2 Å². The zero-order valence-corrected chi connectivity index (χ0v) is 12.2. The van der Waals surface area contributed by atoms with Crippen molar-refractivity contribution in [2.24, 2.45) is 0 Å². The van der Waals surface area contributed by atoms with Gasteiger partial charge in [0, 0.05) is 0 Å². The van der Waals surface area contributed by atoms with Crippen LogP contribution in [0.3, 0.4) is 0 Å². The maximum absolute atomic E-state index is 5.86. The van der Waals surface area contributed by atoms with E-state index in [4.69, 9.17) is 24.1 Å². The minimum atomic E-state index is -1.79. The van der Waals surface area contributed by atoms with Crippen LogP contribution in [0.2, 0.25) is 0 Å². The van der Waals surface area contributed by atoms with Crippen molar-refractivity contribution in [3.63, 3.8) is 0 Å². The zero-order chi connectivity index (χ0) is 11.4. The molecule has 0 aliphatic heterocycles. The van der Waals surface area contributed by atoms with Crippen LogP contribution in [0.25, 0.3) is 0 Å². The third-order valence-electron chi connectivity index (χ3n) is 1.72. The van der Waals surface area contributed by atoms with Crippen LogP contribution in [-0.2, 0) is 13.5 Å². The molecular weight excluding hydrogens is 320 g/mol. The summed E-state index contributed by atoms with van der Waals surface area (Å²) in [6, 6.07) is 6.04. The molecule has 0 aromatic heterocycles. The SMILES string of the molecule is Cc1ccc([CH]=[Ru]([Cl])[Cl])c(OC(C)C)c1. The molecule has 15 heavy (non-hydrogen) atoms. The summed E-state index contributed by atoms with van der Waals surface area (Å²) in [6.45, 7) is 6.04. The van der Waals surface area contributed by atoms with E-state index in [2.05, 4.69) is 0 Å². The Hall–Kier alpha value is 0.0934. The van der Waals surface area contributed by atoms with Gasteiger partial charge in [0.2, 0.25) is 0 Å². The molecule has 0 aliphatic rings. The van der Waals surface area contributed by atoms with E-state index >= 15 is 0 Å². The molecule has 0 saturated heterocycles. The molecule has 0 heterocycles. The predicted octanol–water partition coefficient (Wildman–Crippen LogP) is 3.86. The second-order valence-corrected chi connectivity index (χ2v) is 9.24. The van der Waals surface area contributed by atoms with E-state index in [1.165, 1.54) is 5.56 Å². The fraction of sp³-hybridized carbons (Fsp3) is 0.364. The summed E-state index contributed by atoms with van der Waals surface area (Å²) in [7, 11) is 11.7. The Morgan fingerprint density at radius 3 is 2.53 bits per heavy atom. The number of hydrogen-bond donors (Lipinski definition) is 0. The van der Waals surface area contributed by atoms with Gasteiger partial charge in [-0.2, -0.15) is 0 Å². The Bertz CT molecular complexity index is 371. The summed E-state index contributed by atoms with van der Waals surface area (Å²) in [5.41, 5.74) is 2.17. The number of hydrogen-bond acceptors (Lipinski definition) is 1. The van der Waals surface area contributed by atoms with Crippen LogP contribution in [0.4, 0.5) is 0 Å². The molecular formula is C11H14Cl2ORu. The molecule has 1 aromatic rings. The molecule has 0 atom stereocenters. The van der Waals surface area contributed by atoms with Gasteiger partial charge in [-0.1, -0.05) is 0 Å². The van der Waals surface area contributed by atoms with Gasteiger partial charge < -0.3 is 0 Å². The predicted molar refractivity (Wildman–Crippen MR) is 63.8 cm³/mol. The monoisotopic (exact) mass is 334 g/mol. The van der Waals surface area contributed by atoms with Crippen LogP contribution in [0, 0.1) is 6.92 Å². The summed E-state index contributed by atoms with van der Waals surface area (Å²) < 4.78 is 7.61. The van der Waals surface area contributed by atoms with Crippen molar-refractivity contribution in [2.45, 2.75) is 26.9 Å². The van der Waals surface area contributed by atoms with Gasteiger partial charge in [0.25, 0.3) is 0 Å². The number of aryl methyl sites for hydroxylation is 1. The van der Waals surface area contributed by atoms with Gasteiger partial charge in [-0.05, 0) is 0 Å². The number of rotatable bonds is 3. The molecule has 0 bridgehead atoms. The number of ether oxygens (including phenoxy) is 1. The quantitative estimate of drug-likeness (QED) is 0.763. The third-order valence-corrected chi connectivity index (χ3v) is 3.55. The summed E-state index contributed by atoms with van der Waals surface area (Å²) in [5, 5.41) is 0. The van der Waals surface area contributed by atoms with Crippen molar-refractivity contribution < 1.29 is 18.3 Å². The Balaban J connectivity index is 3.08.